The molecule has 0 aliphatic carbocycles. The molecule has 2 rings (SSSR count). The van der Waals surface area contributed by atoms with E-state index in [0.717, 1.165) is 24.3 Å². The molecule has 0 fully saturated rings. The highest BCUT2D eigenvalue weighted by atomic mass is 19.1. The molecule has 0 saturated heterocycles. The van der Waals surface area contributed by atoms with E-state index in [2.05, 4.69) is 34.5 Å². The molecule has 0 saturated carbocycles. The van der Waals surface area contributed by atoms with E-state index in [0.29, 0.717) is 0 Å². The molecule has 0 aliphatic rings. The third-order valence-corrected chi connectivity index (χ3v) is 3.09. The van der Waals surface area contributed by atoms with Crippen LogP contribution in [-0.2, 0) is 13.1 Å². The van der Waals surface area contributed by atoms with Gasteiger partial charge in [-0.1, -0.05) is 24.3 Å². The monoisotopic (exact) mass is 258 g/mol. The summed E-state index contributed by atoms with van der Waals surface area (Å²) in [5.41, 5.74) is 3.52. The van der Waals surface area contributed by atoms with Crippen LogP contribution in [0.1, 0.15) is 11.1 Å². The maximum absolute atomic E-state index is 12.8. The summed E-state index contributed by atoms with van der Waals surface area (Å²) >= 11 is 0. The summed E-state index contributed by atoms with van der Waals surface area (Å²) in [6, 6.07) is 15.1. The van der Waals surface area contributed by atoms with E-state index in [9.17, 15) is 4.39 Å². The molecule has 0 radical (unpaired) electrons. The molecule has 0 aliphatic heterocycles. The molecule has 100 valence electrons. The van der Waals surface area contributed by atoms with E-state index in [4.69, 9.17) is 0 Å². The molecule has 2 aromatic carbocycles. The maximum atomic E-state index is 12.8. The number of nitrogens with one attached hydrogen (secondary N) is 1. The quantitative estimate of drug-likeness (QED) is 0.886. The highest BCUT2D eigenvalue weighted by Gasteiger charge is 2.02. The summed E-state index contributed by atoms with van der Waals surface area (Å²) < 4.78 is 12.8. The summed E-state index contributed by atoms with van der Waals surface area (Å²) in [6.45, 7) is 1.65. The number of hydrogen-bond acceptors (Lipinski definition) is 2. The lowest BCUT2D eigenvalue weighted by Crippen LogP contribution is -2.16. The number of hydrogen-bond donors (Lipinski definition) is 1. The zero-order valence-electron chi connectivity index (χ0n) is 11.4. The molecule has 0 aromatic heterocycles. The Balaban J connectivity index is 2.02. The summed E-state index contributed by atoms with van der Waals surface area (Å²) in [4.78, 5) is 2.15. The first-order valence-corrected chi connectivity index (χ1v) is 6.38. The van der Waals surface area contributed by atoms with Crippen LogP contribution in [0.15, 0.2) is 48.5 Å². The van der Waals surface area contributed by atoms with Crippen molar-refractivity contribution >= 4 is 5.69 Å². The first-order chi connectivity index (χ1) is 9.19. The highest BCUT2D eigenvalue weighted by Crippen LogP contribution is 2.16. The smallest absolute Gasteiger partial charge is 0.123 e. The number of anilines is 1. The minimum Gasteiger partial charge on any atom is -0.370 e. The van der Waals surface area contributed by atoms with Gasteiger partial charge in [-0.15, -0.1) is 0 Å². The Morgan fingerprint density at radius 1 is 0.947 bits per heavy atom. The van der Waals surface area contributed by atoms with Crippen LogP contribution in [-0.4, -0.2) is 14.1 Å². The van der Waals surface area contributed by atoms with Crippen LogP contribution >= 0.6 is 0 Å². The second-order valence-corrected chi connectivity index (χ2v) is 4.68. The van der Waals surface area contributed by atoms with Crippen molar-refractivity contribution in [2.75, 3.05) is 19.0 Å². The highest BCUT2D eigenvalue weighted by molar-refractivity contribution is 5.47. The standard InChI is InChI=1S/C16H19FN2/c1-18-11-13-5-9-16(10-6-13)19(2)12-14-3-7-15(17)8-4-14/h3-10,18H,11-12H2,1-2H3. The predicted octanol–water partition coefficient (Wildman–Crippen LogP) is 3.18. The van der Waals surface area contributed by atoms with Crippen molar-refractivity contribution < 1.29 is 4.39 Å². The summed E-state index contributed by atoms with van der Waals surface area (Å²) in [5, 5.41) is 3.13. The van der Waals surface area contributed by atoms with E-state index in [1.165, 1.54) is 17.7 Å². The second kappa shape index (κ2) is 6.34. The Labute approximate surface area is 113 Å². The first-order valence-electron chi connectivity index (χ1n) is 6.38. The van der Waals surface area contributed by atoms with Gasteiger partial charge in [0.05, 0.1) is 0 Å². The fraction of sp³-hybridized carbons (Fsp3) is 0.250. The van der Waals surface area contributed by atoms with Gasteiger partial charge in [0.25, 0.3) is 0 Å². The van der Waals surface area contributed by atoms with E-state index in [1.807, 2.05) is 26.2 Å². The molecular formula is C16H19FN2. The van der Waals surface area contributed by atoms with Gasteiger partial charge in [0.2, 0.25) is 0 Å². The van der Waals surface area contributed by atoms with Crippen LogP contribution in [0.3, 0.4) is 0 Å². The van der Waals surface area contributed by atoms with Crippen molar-refractivity contribution in [1.29, 1.82) is 0 Å². The van der Waals surface area contributed by atoms with Crippen molar-refractivity contribution in [2.45, 2.75) is 13.1 Å². The van der Waals surface area contributed by atoms with Gasteiger partial charge < -0.3 is 10.2 Å². The van der Waals surface area contributed by atoms with Crippen molar-refractivity contribution in [2.24, 2.45) is 0 Å². The molecule has 2 aromatic rings. The van der Waals surface area contributed by atoms with Crippen molar-refractivity contribution in [1.82, 2.24) is 5.32 Å². The van der Waals surface area contributed by atoms with Gasteiger partial charge in [-0.3, -0.25) is 0 Å². The SMILES string of the molecule is CNCc1ccc(N(C)Cc2ccc(F)cc2)cc1. The molecule has 0 unspecified atom stereocenters. The first kappa shape index (κ1) is 13.6. The average molecular weight is 258 g/mol. The van der Waals surface area contributed by atoms with E-state index >= 15 is 0 Å². The molecule has 2 nitrogen and oxygen atoms in total. The maximum Gasteiger partial charge on any atom is 0.123 e. The van der Waals surface area contributed by atoms with Crippen molar-refractivity contribution in [3.8, 4) is 0 Å². The van der Waals surface area contributed by atoms with Gasteiger partial charge in [-0.2, -0.15) is 0 Å². The van der Waals surface area contributed by atoms with Gasteiger partial charge in [0.1, 0.15) is 5.82 Å². The Bertz CT molecular complexity index is 505. The Kier molecular flexibility index (Phi) is 4.53. The van der Waals surface area contributed by atoms with E-state index in [1.54, 1.807) is 0 Å². The van der Waals surface area contributed by atoms with Crippen LogP contribution < -0.4 is 10.2 Å². The van der Waals surface area contributed by atoms with Crippen LogP contribution in [0.4, 0.5) is 10.1 Å². The molecule has 0 atom stereocenters. The van der Waals surface area contributed by atoms with Crippen LogP contribution in [0.2, 0.25) is 0 Å². The normalized spacial score (nSPS) is 10.5. The van der Waals surface area contributed by atoms with Gasteiger partial charge in [-0.25, -0.2) is 4.39 Å². The van der Waals surface area contributed by atoms with E-state index < -0.39 is 0 Å². The zero-order chi connectivity index (χ0) is 13.7. The van der Waals surface area contributed by atoms with Crippen molar-refractivity contribution in [3.63, 3.8) is 0 Å². The zero-order valence-corrected chi connectivity index (χ0v) is 11.4. The molecular weight excluding hydrogens is 239 g/mol. The Morgan fingerprint density at radius 3 is 2.11 bits per heavy atom. The number of rotatable bonds is 5. The molecule has 0 amide bonds. The summed E-state index contributed by atoms with van der Waals surface area (Å²) in [7, 11) is 3.98. The fourth-order valence-electron chi connectivity index (χ4n) is 2.03. The van der Waals surface area contributed by atoms with Gasteiger partial charge in [0.15, 0.2) is 0 Å². The lowest BCUT2D eigenvalue weighted by Gasteiger charge is -2.19. The summed E-state index contributed by atoms with van der Waals surface area (Å²) in [6.07, 6.45) is 0. The largest absolute Gasteiger partial charge is 0.370 e. The Morgan fingerprint density at radius 2 is 1.53 bits per heavy atom. The lowest BCUT2D eigenvalue weighted by molar-refractivity contribution is 0.627. The molecule has 1 N–H and O–H groups in total. The predicted molar refractivity (Wildman–Crippen MR) is 77.7 cm³/mol. The molecule has 3 heteroatoms. The lowest BCUT2D eigenvalue weighted by atomic mass is 10.1. The topological polar surface area (TPSA) is 15.3 Å². The third-order valence-electron chi connectivity index (χ3n) is 3.09. The van der Waals surface area contributed by atoms with Crippen molar-refractivity contribution in [3.05, 3.63) is 65.5 Å². The van der Waals surface area contributed by atoms with E-state index in [-0.39, 0.29) is 5.82 Å². The number of halogens is 1. The van der Waals surface area contributed by atoms with Crippen LogP contribution in [0, 0.1) is 5.82 Å². The average Bonchev–Trinajstić information content (AvgIpc) is 2.42. The molecule has 19 heavy (non-hydrogen) atoms. The summed E-state index contributed by atoms with van der Waals surface area (Å²) in [5.74, 6) is -0.192. The molecule has 0 spiro atoms. The van der Waals surface area contributed by atoms with Gasteiger partial charge in [-0.05, 0) is 42.4 Å². The molecule has 0 bridgehead atoms. The fourth-order valence-corrected chi connectivity index (χ4v) is 2.03. The van der Waals surface area contributed by atoms with Crippen LogP contribution in [0.5, 0.6) is 0 Å². The number of benzene rings is 2. The van der Waals surface area contributed by atoms with Gasteiger partial charge in [0, 0.05) is 25.8 Å². The number of nitrogens with zero attached hydrogens (tertiary/aromatic N) is 1. The minimum atomic E-state index is -0.192. The minimum absolute atomic E-state index is 0.192. The second-order valence-electron chi connectivity index (χ2n) is 4.68. The Hall–Kier alpha value is -1.87. The van der Waals surface area contributed by atoms with Gasteiger partial charge >= 0.3 is 0 Å². The van der Waals surface area contributed by atoms with Crippen LogP contribution in [0.25, 0.3) is 0 Å². The third kappa shape index (κ3) is 3.80. The molecule has 0 heterocycles.